The van der Waals surface area contributed by atoms with Crippen LogP contribution in [0.2, 0.25) is 0 Å². The summed E-state index contributed by atoms with van der Waals surface area (Å²) in [7, 11) is -1.72. The number of piperidine rings is 1. The Morgan fingerprint density at radius 1 is 1.33 bits per heavy atom. The molecule has 2 heterocycles. The molecular formula is C17H21N5O4S. The van der Waals surface area contributed by atoms with E-state index in [9.17, 15) is 18.5 Å². The second kappa shape index (κ2) is 7.47. The average molecular weight is 391 g/mol. The van der Waals surface area contributed by atoms with E-state index < -0.39 is 14.8 Å². The molecule has 0 aliphatic carbocycles. The number of nitro groups is 1. The van der Waals surface area contributed by atoms with Crippen molar-refractivity contribution in [2.75, 3.05) is 36.2 Å². The number of hydrogen-bond donors (Lipinski definition) is 0. The Balaban J connectivity index is 1.88. The molecule has 10 heteroatoms. The summed E-state index contributed by atoms with van der Waals surface area (Å²) in [6, 6.07) is 7.80. The molecule has 144 valence electrons. The number of nitro benzene ring substituents is 1. The maximum absolute atomic E-state index is 11.7. The van der Waals surface area contributed by atoms with E-state index >= 15 is 0 Å². The molecule has 1 unspecified atom stereocenters. The number of likely N-dealkylation sites (N-methyl/N-ethyl adjacent to an activating group) is 1. The van der Waals surface area contributed by atoms with Gasteiger partial charge in [0.15, 0.2) is 15.7 Å². The fraction of sp³-hybridized carbons (Fsp3) is 0.412. The van der Waals surface area contributed by atoms with Gasteiger partial charge in [-0.2, -0.15) is 5.10 Å². The van der Waals surface area contributed by atoms with Crippen LogP contribution in [-0.2, 0) is 9.84 Å². The Labute approximate surface area is 157 Å². The van der Waals surface area contributed by atoms with Crippen LogP contribution in [0, 0.1) is 10.1 Å². The van der Waals surface area contributed by atoms with Gasteiger partial charge in [-0.3, -0.25) is 10.1 Å². The maximum Gasteiger partial charge on any atom is 0.293 e. The summed E-state index contributed by atoms with van der Waals surface area (Å²) in [5.41, 5.74) is 0.190. The van der Waals surface area contributed by atoms with Crippen LogP contribution in [0.1, 0.15) is 12.8 Å². The van der Waals surface area contributed by atoms with Gasteiger partial charge < -0.3 is 9.80 Å². The van der Waals surface area contributed by atoms with Crippen molar-refractivity contribution in [2.24, 2.45) is 0 Å². The van der Waals surface area contributed by atoms with Gasteiger partial charge in [-0.25, -0.2) is 8.42 Å². The quantitative estimate of drug-likeness (QED) is 0.561. The Morgan fingerprint density at radius 3 is 2.74 bits per heavy atom. The molecule has 1 aliphatic heterocycles. The average Bonchev–Trinajstić information content (AvgIpc) is 2.67. The van der Waals surface area contributed by atoms with Gasteiger partial charge in [0.25, 0.3) is 5.69 Å². The van der Waals surface area contributed by atoms with Crippen LogP contribution >= 0.6 is 0 Å². The smallest absolute Gasteiger partial charge is 0.293 e. The lowest BCUT2D eigenvalue weighted by molar-refractivity contribution is -0.384. The summed E-state index contributed by atoms with van der Waals surface area (Å²) in [4.78, 5) is 14.9. The van der Waals surface area contributed by atoms with Gasteiger partial charge in [-0.05, 0) is 37.1 Å². The lowest BCUT2D eigenvalue weighted by Crippen LogP contribution is -2.47. The molecule has 27 heavy (non-hydrogen) atoms. The summed E-state index contributed by atoms with van der Waals surface area (Å²) >= 11 is 0. The monoisotopic (exact) mass is 391 g/mol. The zero-order chi connectivity index (χ0) is 19.6. The zero-order valence-electron chi connectivity index (χ0n) is 15.1. The van der Waals surface area contributed by atoms with Crippen LogP contribution in [0.4, 0.5) is 17.2 Å². The SMILES string of the molecule is CN(c1ccc(S(C)(=O)=O)cc1[N+](=O)[O-])C1CCCN(c2cccnn2)C1. The summed E-state index contributed by atoms with van der Waals surface area (Å²) in [5.74, 6) is 0.775. The van der Waals surface area contributed by atoms with E-state index in [-0.39, 0.29) is 16.6 Å². The van der Waals surface area contributed by atoms with Crippen molar-refractivity contribution in [3.05, 3.63) is 46.6 Å². The molecule has 9 nitrogen and oxygen atoms in total. The number of anilines is 2. The standard InChI is InChI=1S/C17H21N5O4S/c1-20(13-5-4-10-21(12-13)17-6-3-9-18-19-17)15-8-7-14(27(2,25)26)11-16(15)22(23)24/h3,6-9,11,13H,4-5,10,12H2,1-2H3. The van der Waals surface area contributed by atoms with Crippen molar-refractivity contribution < 1.29 is 13.3 Å². The molecule has 1 aliphatic rings. The highest BCUT2D eigenvalue weighted by Crippen LogP contribution is 2.33. The third-order valence-electron chi connectivity index (χ3n) is 4.78. The molecule has 2 aromatic rings. The number of benzene rings is 1. The summed E-state index contributed by atoms with van der Waals surface area (Å²) in [5, 5.41) is 19.6. The highest BCUT2D eigenvalue weighted by atomic mass is 32.2. The fourth-order valence-corrected chi connectivity index (χ4v) is 3.96. The first-order valence-electron chi connectivity index (χ1n) is 8.51. The molecule has 0 N–H and O–H groups in total. The number of sulfone groups is 1. The van der Waals surface area contributed by atoms with Crippen molar-refractivity contribution in [2.45, 2.75) is 23.8 Å². The van der Waals surface area contributed by atoms with Crippen LogP contribution < -0.4 is 9.80 Å². The normalized spacial score (nSPS) is 17.6. The molecule has 1 aromatic carbocycles. The van der Waals surface area contributed by atoms with E-state index in [4.69, 9.17) is 0 Å². The van der Waals surface area contributed by atoms with E-state index in [1.807, 2.05) is 17.0 Å². The van der Waals surface area contributed by atoms with Crippen LogP contribution in [0.15, 0.2) is 41.4 Å². The predicted octanol–water partition coefficient (Wildman–Crippen LogP) is 1.89. The van der Waals surface area contributed by atoms with Crippen LogP contribution in [0.3, 0.4) is 0 Å². The van der Waals surface area contributed by atoms with E-state index in [1.165, 1.54) is 12.1 Å². The molecule has 1 fully saturated rings. The van der Waals surface area contributed by atoms with Gasteiger partial charge in [0.2, 0.25) is 0 Å². The topological polar surface area (TPSA) is 110 Å². The van der Waals surface area contributed by atoms with Crippen molar-refractivity contribution in [3.63, 3.8) is 0 Å². The van der Waals surface area contributed by atoms with Crippen molar-refractivity contribution >= 4 is 27.0 Å². The second-order valence-corrected chi connectivity index (χ2v) is 8.63. The molecule has 0 saturated carbocycles. The van der Waals surface area contributed by atoms with Gasteiger partial charge >= 0.3 is 0 Å². The molecule has 0 radical (unpaired) electrons. The van der Waals surface area contributed by atoms with Crippen molar-refractivity contribution in [1.82, 2.24) is 10.2 Å². The number of rotatable bonds is 5. The van der Waals surface area contributed by atoms with Crippen LogP contribution in [-0.4, -0.2) is 56.0 Å². The van der Waals surface area contributed by atoms with Crippen LogP contribution in [0.25, 0.3) is 0 Å². The third-order valence-corrected chi connectivity index (χ3v) is 5.89. The summed E-state index contributed by atoms with van der Waals surface area (Å²) in [6.07, 6.45) is 4.44. The summed E-state index contributed by atoms with van der Waals surface area (Å²) < 4.78 is 23.5. The van der Waals surface area contributed by atoms with Gasteiger partial charge in [-0.15, -0.1) is 5.10 Å². The Hall–Kier alpha value is -2.75. The summed E-state index contributed by atoms with van der Waals surface area (Å²) in [6.45, 7) is 1.50. The second-order valence-electron chi connectivity index (χ2n) is 6.61. The van der Waals surface area contributed by atoms with Gasteiger partial charge in [0, 0.05) is 44.7 Å². The minimum Gasteiger partial charge on any atom is -0.364 e. The Bertz CT molecular complexity index is 936. The number of aromatic nitrogens is 2. The first kappa shape index (κ1) is 19.0. The van der Waals surface area contributed by atoms with E-state index in [0.717, 1.165) is 37.5 Å². The van der Waals surface area contributed by atoms with Gasteiger partial charge in [0.1, 0.15) is 5.69 Å². The van der Waals surface area contributed by atoms with Crippen LogP contribution in [0.5, 0.6) is 0 Å². The molecule has 1 aromatic heterocycles. The predicted molar refractivity (Wildman–Crippen MR) is 102 cm³/mol. The first-order chi connectivity index (χ1) is 12.8. The van der Waals surface area contributed by atoms with Crippen molar-refractivity contribution in [3.8, 4) is 0 Å². The molecule has 0 spiro atoms. The largest absolute Gasteiger partial charge is 0.364 e. The maximum atomic E-state index is 11.7. The van der Waals surface area contributed by atoms with E-state index in [1.54, 1.807) is 13.2 Å². The van der Waals surface area contributed by atoms with Gasteiger partial charge in [-0.1, -0.05) is 0 Å². The molecule has 3 rings (SSSR count). The Kier molecular flexibility index (Phi) is 5.26. The highest BCUT2D eigenvalue weighted by Gasteiger charge is 2.29. The van der Waals surface area contributed by atoms with E-state index in [0.29, 0.717) is 12.2 Å². The zero-order valence-corrected chi connectivity index (χ0v) is 16.0. The molecule has 0 bridgehead atoms. The number of hydrogen-bond acceptors (Lipinski definition) is 8. The molecular weight excluding hydrogens is 370 g/mol. The third kappa shape index (κ3) is 4.16. The Morgan fingerprint density at radius 2 is 2.11 bits per heavy atom. The minimum absolute atomic E-state index is 0.0311. The fourth-order valence-electron chi connectivity index (χ4n) is 3.32. The van der Waals surface area contributed by atoms with Gasteiger partial charge in [0.05, 0.1) is 9.82 Å². The first-order valence-corrected chi connectivity index (χ1v) is 10.4. The molecule has 1 atom stereocenters. The van der Waals surface area contributed by atoms with Crippen molar-refractivity contribution in [1.29, 1.82) is 0 Å². The minimum atomic E-state index is -3.52. The van der Waals surface area contributed by atoms with E-state index in [2.05, 4.69) is 15.1 Å². The highest BCUT2D eigenvalue weighted by molar-refractivity contribution is 7.90. The number of nitrogens with zero attached hydrogens (tertiary/aromatic N) is 5. The molecule has 0 amide bonds. The molecule has 1 saturated heterocycles. The lowest BCUT2D eigenvalue weighted by Gasteiger charge is -2.38. The lowest BCUT2D eigenvalue weighted by atomic mass is 10.0.